The van der Waals surface area contributed by atoms with Crippen LogP contribution in [0, 0.1) is 0 Å². The molecule has 1 aliphatic heterocycles. The lowest BCUT2D eigenvalue weighted by atomic mass is 10.1. The number of hydrogen-bond acceptors (Lipinski definition) is 4. The van der Waals surface area contributed by atoms with E-state index in [9.17, 15) is 0 Å². The van der Waals surface area contributed by atoms with Gasteiger partial charge in [0.1, 0.15) is 0 Å². The summed E-state index contributed by atoms with van der Waals surface area (Å²) in [5.41, 5.74) is 5.55. The summed E-state index contributed by atoms with van der Waals surface area (Å²) in [6.07, 6.45) is 0. The van der Waals surface area contributed by atoms with Crippen molar-refractivity contribution < 1.29 is 9.84 Å². The van der Waals surface area contributed by atoms with Crippen LogP contribution in [-0.4, -0.2) is 53.4 Å². The first-order valence-corrected chi connectivity index (χ1v) is 4.81. The van der Waals surface area contributed by atoms with E-state index in [0.29, 0.717) is 18.2 Å². The second-order valence-electron chi connectivity index (χ2n) is 3.23. The van der Waals surface area contributed by atoms with Crippen molar-refractivity contribution in [3.8, 4) is 0 Å². The molecule has 0 amide bonds. The van der Waals surface area contributed by atoms with E-state index in [1.165, 1.54) is 0 Å². The van der Waals surface area contributed by atoms with E-state index in [4.69, 9.17) is 27.8 Å². The predicted molar refractivity (Wildman–Crippen MR) is 54.6 cm³/mol. The number of morpholine rings is 1. The Kier molecular flexibility index (Phi) is 4.05. The van der Waals surface area contributed by atoms with Gasteiger partial charge in [-0.15, -0.1) is 0 Å². The molecule has 3 N–H and O–H groups in total. The van der Waals surface area contributed by atoms with Crippen molar-refractivity contribution in [3.63, 3.8) is 0 Å². The zero-order valence-electron chi connectivity index (χ0n) is 7.77. The van der Waals surface area contributed by atoms with Crippen LogP contribution in [0.2, 0.25) is 0 Å². The van der Waals surface area contributed by atoms with Crippen molar-refractivity contribution in [2.75, 3.05) is 26.4 Å². The van der Waals surface area contributed by atoms with Crippen molar-refractivity contribution in [2.24, 2.45) is 5.73 Å². The maximum Gasteiger partial charge on any atom is 0.0899 e. The lowest BCUT2D eigenvalue weighted by molar-refractivity contribution is -0.0332. The fourth-order valence-electron chi connectivity index (χ4n) is 1.50. The van der Waals surface area contributed by atoms with Crippen molar-refractivity contribution >= 4 is 17.2 Å². The number of nitrogens with two attached hydrogens (primary N) is 1. The molecule has 0 saturated carbocycles. The molecule has 0 spiro atoms. The van der Waals surface area contributed by atoms with Gasteiger partial charge in [0.25, 0.3) is 0 Å². The van der Waals surface area contributed by atoms with Crippen LogP contribution in [0.25, 0.3) is 0 Å². The van der Waals surface area contributed by atoms with E-state index in [2.05, 4.69) is 4.90 Å². The number of ether oxygens (including phenoxy) is 1. The number of aliphatic hydroxyl groups is 1. The fraction of sp³-hybridized carbons (Fsp3) is 0.875. The largest absolute Gasteiger partial charge is 0.395 e. The van der Waals surface area contributed by atoms with Gasteiger partial charge in [-0.1, -0.05) is 12.2 Å². The Morgan fingerprint density at radius 2 is 2.54 bits per heavy atom. The molecule has 1 rings (SSSR count). The molecular weight excluding hydrogens is 188 g/mol. The molecule has 0 aromatic heterocycles. The highest BCUT2D eigenvalue weighted by Gasteiger charge is 2.27. The van der Waals surface area contributed by atoms with Crippen LogP contribution in [-0.2, 0) is 4.74 Å². The molecule has 0 aromatic carbocycles. The summed E-state index contributed by atoms with van der Waals surface area (Å²) in [7, 11) is 0. The highest BCUT2D eigenvalue weighted by molar-refractivity contribution is 7.80. The van der Waals surface area contributed by atoms with E-state index in [1.807, 2.05) is 6.92 Å². The Labute approximate surface area is 83.7 Å². The number of aliphatic hydroxyl groups excluding tert-OH is 1. The van der Waals surface area contributed by atoms with E-state index >= 15 is 0 Å². The average Bonchev–Trinajstić information content (AvgIpc) is 2.16. The minimum atomic E-state index is 0.0326. The summed E-state index contributed by atoms with van der Waals surface area (Å²) in [5.74, 6) is 0. The first-order chi connectivity index (χ1) is 6.16. The third-order valence-electron chi connectivity index (χ3n) is 2.39. The molecule has 2 unspecified atom stereocenters. The second-order valence-corrected chi connectivity index (χ2v) is 3.70. The molecule has 1 aliphatic rings. The summed E-state index contributed by atoms with van der Waals surface area (Å²) in [6, 6.07) is 0.0706. The summed E-state index contributed by atoms with van der Waals surface area (Å²) in [5, 5.41) is 9.09. The van der Waals surface area contributed by atoms with E-state index in [1.54, 1.807) is 0 Å². The lowest BCUT2D eigenvalue weighted by Crippen LogP contribution is -2.54. The molecular formula is C8H16N2O2S. The van der Waals surface area contributed by atoms with Gasteiger partial charge in [-0.2, -0.15) is 0 Å². The number of nitrogens with zero attached hydrogens (tertiary/aromatic N) is 1. The van der Waals surface area contributed by atoms with Gasteiger partial charge in [-0.25, -0.2) is 0 Å². The van der Waals surface area contributed by atoms with Crippen molar-refractivity contribution in [1.82, 2.24) is 4.90 Å². The number of hydrogen-bond donors (Lipinski definition) is 2. The molecule has 5 heteroatoms. The normalized spacial score (nSPS) is 27.1. The Morgan fingerprint density at radius 3 is 3.08 bits per heavy atom. The van der Waals surface area contributed by atoms with Gasteiger partial charge in [0, 0.05) is 6.54 Å². The highest BCUT2D eigenvalue weighted by atomic mass is 32.1. The SMILES string of the molecule is CC(C(N)=S)N1CCOCC1CO. The Bertz CT molecular complexity index is 189. The molecule has 0 aromatic rings. The standard InChI is InChI=1S/C8H16N2O2S/c1-6(8(9)13)10-2-3-12-5-7(10)4-11/h6-7,11H,2-5H2,1H3,(H2,9,13). The van der Waals surface area contributed by atoms with Crippen LogP contribution in [0.4, 0.5) is 0 Å². The third kappa shape index (κ3) is 2.60. The first kappa shape index (κ1) is 10.8. The van der Waals surface area contributed by atoms with E-state index < -0.39 is 0 Å². The Morgan fingerprint density at radius 1 is 1.85 bits per heavy atom. The lowest BCUT2D eigenvalue weighted by Gasteiger charge is -2.38. The zero-order valence-corrected chi connectivity index (χ0v) is 8.59. The summed E-state index contributed by atoms with van der Waals surface area (Å²) < 4.78 is 5.25. The minimum Gasteiger partial charge on any atom is -0.395 e. The van der Waals surface area contributed by atoms with Gasteiger partial charge in [0.05, 0.1) is 36.9 Å². The molecule has 1 saturated heterocycles. The van der Waals surface area contributed by atoms with E-state index in [-0.39, 0.29) is 18.7 Å². The molecule has 0 radical (unpaired) electrons. The molecule has 0 bridgehead atoms. The third-order valence-corrected chi connectivity index (χ3v) is 2.73. The molecule has 0 aliphatic carbocycles. The molecule has 1 heterocycles. The number of thiocarbonyl (C=S) groups is 1. The van der Waals surface area contributed by atoms with Crippen molar-refractivity contribution in [2.45, 2.75) is 19.0 Å². The fourth-order valence-corrected chi connectivity index (χ4v) is 1.63. The molecule has 2 atom stereocenters. The van der Waals surface area contributed by atoms with Crippen molar-refractivity contribution in [1.29, 1.82) is 0 Å². The quantitative estimate of drug-likeness (QED) is 0.599. The molecule has 4 nitrogen and oxygen atoms in total. The summed E-state index contributed by atoms with van der Waals surface area (Å²) >= 11 is 4.91. The van der Waals surface area contributed by atoms with Crippen LogP contribution in [0.3, 0.4) is 0 Å². The second kappa shape index (κ2) is 4.85. The van der Waals surface area contributed by atoms with Crippen molar-refractivity contribution in [3.05, 3.63) is 0 Å². The maximum atomic E-state index is 9.09. The summed E-state index contributed by atoms with van der Waals surface area (Å²) in [4.78, 5) is 2.56. The van der Waals surface area contributed by atoms with Crippen LogP contribution in [0.5, 0.6) is 0 Å². The number of rotatable bonds is 3. The molecule has 1 fully saturated rings. The smallest absolute Gasteiger partial charge is 0.0899 e. The van der Waals surface area contributed by atoms with Gasteiger partial charge < -0.3 is 15.6 Å². The molecule has 13 heavy (non-hydrogen) atoms. The first-order valence-electron chi connectivity index (χ1n) is 4.40. The van der Waals surface area contributed by atoms with Gasteiger partial charge in [-0.05, 0) is 6.92 Å². The van der Waals surface area contributed by atoms with Crippen LogP contribution < -0.4 is 5.73 Å². The Hall–Kier alpha value is -0.230. The Balaban J connectivity index is 2.58. The molecule has 76 valence electrons. The zero-order chi connectivity index (χ0) is 9.84. The maximum absolute atomic E-state index is 9.09. The minimum absolute atomic E-state index is 0.0326. The van der Waals surface area contributed by atoms with Gasteiger partial charge >= 0.3 is 0 Å². The van der Waals surface area contributed by atoms with E-state index in [0.717, 1.165) is 6.54 Å². The van der Waals surface area contributed by atoms with Crippen LogP contribution in [0.15, 0.2) is 0 Å². The van der Waals surface area contributed by atoms with Gasteiger partial charge in [0.2, 0.25) is 0 Å². The van der Waals surface area contributed by atoms with Gasteiger partial charge in [-0.3, -0.25) is 4.90 Å². The summed E-state index contributed by atoms with van der Waals surface area (Å²) in [6.45, 7) is 4.07. The highest BCUT2D eigenvalue weighted by Crippen LogP contribution is 2.10. The van der Waals surface area contributed by atoms with Crippen LogP contribution >= 0.6 is 12.2 Å². The average molecular weight is 204 g/mol. The predicted octanol–water partition coefficient (Wildman–Crippen LogP) is -0.646. The monoisotopic (exact) mass is 204 g/mol. The topological polar surface area (TPSA) is 58.7 Å². The van der Waals surface area contributed by atoms with Crippen LogP contribution in [0.1, 0.15) is 6.92 Å². The van der Waals surface area contributed by atoms with Gasteiger partial charge in [0.15, 0.2) is 0 Å².